The molecule has 1 saturated carbocycles. The van der Waals surface area contributed by atoms with Gasteiger partial charge in [0.1, 0.15) is 5.82 Å². The molecule has 1 aromatic carbocycles. The van der Waals surface area contributed by atoms with E-state index in [1.54, 1.807) is 0 Å². The number of aromatic nitrogens is 2. The lowest BCUT2D eigenvalue weighted by atomic mass is 10.0. The molecule has 0 atom stereocenters. The zero-order valence-corrected chi connectivity index (χ0v) is 13.7. The molecule has 0 amide bonds. The van der Waals surface area contributed by atoms with Gasteiger partial charge in [-0.2, -0.15) is 5.26 Å². The molecule has 1 fully saturated rings. The fourth-order valence-corrected chi connectivity index (χ4v) is 3.74. The molecule has 0 unspecified atom stereocenters. The zero-order valence-electron chi connectivity index (χ0n) is 12.9. The number of hydrogen-bond acceptors (Lipinski definition) is 2. The molecule has 1 heterocycles. The highest BCUT2D eigenvalue weighted by Gasteiger charge is 2.66. The van der Waals surface area contributed by atoms with E-state index in [2.05, 4.69) is 38.3 Å². The average Bonchev–Trinajstić information content (AvgIpc) is 2.71. The number of fused-ring (bicyclic) bond motifs is 1. The molecule has 0 N–H and O–H groups in total. The van der Waals surface area contributed by atoms with E-state index in [-0.39, 0.29) is 10.8 Å². The highest BCUT2D eigenvalue weighted by Crippen LogP contribution is 2.72. The van der Waals surface area contributed by atoms with Gasteiger partial charge >= 0.3 is 0 Å². The van der Waals surface area contributed by atoms with Gasteiger partial charge in [-0.15, -0.1) is 11.6 Å². The van der Waals surface area contributed by atoms with Crippen LogP contribution in [0.25, 0.3) is 11.0 Å². The third-order valence-corrected chi connectivity index (χ3v) is 5.60. The topological polar surface area (TPSA) is 41.6 Å². The van der Waals surface area contributed by atoms with Crippen LogP contribution in [0.2, 0.25) is 0 Å². The first-order chi connectivity index (χ1) is 9.84. The number of hydrogen-bond donors (Lipinski definition) is 0. The smallest absolute Gasteiger partial charge is 0.111 e. The fourth-order valence-electron chi connectivity index (χ4n) is 3.57. The Balaban J connectivity index is 2.24. The first-order valence-corrected chi connectivity index (χ1v) is 7.85. The van der Waals surface area contributed by atoms with Crippen LogP contribution in [0.1, 0.15) is 45.1 Å². The molecule has 0 spiro atoms. The van der Waals surface area contributed by atoms with Gasteiger partial charge in [-0.05, 0) is 29.0 Å². The molecular formula is C17H20ClN3. The van der Waals surface area contributed by atoms with Crippen LogP contribution >= 0.6 is 11.6 Å². The number of imidazole rings is 1. The summed E-state index contributed by atoms with van der Waals surface area (Å²) in [4.78, 5) is 4.74. The Hall–Kier alpha value is -1.53. The molecule has 21 heavy (non-hydrogen) atoms. The second-order valence-electron chi connectivity index (χ2n) is 7.00. The molecule has 0 radical (unpaired) electrons. The summed E-state index contributed by atoms with van der Waals surface area (Å²) in [6.07, 6.45) is 0.751. The Morgan fingerprint density at radius 2 is 1.95 bits per heavy atom. The molecule has 0 aliphatic heterocycles. The Bertz CT molecular complexity index is 735. The molecule has 1 aliphatic carbocycles. The van der Waals surface area contributed by atoms with Crippen molar-refractivity contribution in [1.29, 1.82) is 5.26 Å². The van der Waals surface area contributed by atoms with Gasteiger partial charge < -0.3 is 4.57 Å². The third kappa shape index (κ3) is 1.89. The van der Waals surface area contributed by atoms with E-state index in [4.69, 9.17) is 21.8 Å². The van der Waals surface area contributed by atoms with Gasteiger partial charge in [-0.1, -0.05) is 27.7 Å². The highest BCUT2D eigenvalue weighted by atomic mass is 35.5. The van der Waals surface area contributed by atoms with E-state index >= 15 is 0 Å². The summed E-state index contributed by atoms with van der Waals surface area (Å²) in [7, 11) is 0. The second kappa shape index (κ2) is 4.48. The van der Waals surface area contributed by atoms with E-state index < -0.39 is 0 Å². The van der Waals surface area contributed by atoms with Crippen molar-refractivity contribution >= 4 is 22.6 Å². The lowest BCUT2D eigenvalue weighted by Gasteiger charge is -2.11. The van der Waals surface area contributed by atoms with Gasteiger partial charge in [-0.25, -0.2) is 4.98 Å². The maximum atomic E-state index is 9.16. The summed E-state index contributed by atoms with van der Waals surface area (Å²) >= 11 is 5.96. The van der Waals surface area contributed by atoms with E-state index in [1.807, 2.05) is 18.2 Å². The van der Waals surface area contributed by atoms with Crippen molar-refractivity contribution in [3.05, 3.63) is 29.6 Å². The molecule has 2 aromatic rings. The van der Waals surface area contributed by atoms with Crippen LogP contribution in [-0.4, -0.2) is 15.4 Å². The monoisotopic (exact) mass is 301 g/mol. The summed E-state index contributed by atoms with van der Waals surface area (Å²) in [6.45, 7) is 9.18. The van der Waals surface area contributed by atoms with Gasteiger partial charge in [0, 0.05) is 18.3 Å². The lowest BCUT2D eigenvalue weighted by molar-refractivity contribution is 0.457. The van der Waals surface area contributed by atoms with E-state index in [0.717, 1.165) is 23.3 Å². The van der Waals surface area contributed by atoms with Crippen LogP contribution in [0, 0.1) is 22.2 Å². The molecular weight excluding hydrogens is 282 g/mol. The largest absolute Gasteiger partial charge is 0.324 e. The second-order valence-corrected chi connectivity index (χ2v) is 7.38. The predicted molar refractivity (Wildman–Crippen MR) is 85.5 cm³/mol. The number of benzene rings is 1. The van der Waals surface area contributed by atoms with Gasteiger partial charge in [0.05, 0.1) is 22.7 Å². The van der Waals surface area contributed by atoms with Crippen molar-refractivity contribution in [1.82, 2.24) is 9.55 Å². The maximum absolute atomic E-state index is 9.16. The molecule has 0 bridgehead atoms. The summed E-state index contributed by atoms with van der Waals surface area (Å²) in [5, 5.41) is 9.16. The Kier molecular flexibility index (Phi) is 3.07. The fraction of sp³-hybridized carbons (Fsp3) is 0.529. The minimum Gasteiger partial charge on any atom is -0.324 e. The third-order valence-electron chi connectivity index (χ3n) is 5.41. The molecule has 4 heteroatoms. The minimum atomic E-state index is 0.213. The van der Waals surface area contributed by atoms with Crippen molar-refractivity contribution in [3.63, 3.8) is 0 Å². The summed E-state index contributed by atoms with van der Waals surface area (Å²) in [5.74, 6) is 1.58. The normalized spacial score (nSPS) is 19.6. The number of aryl methyl sites for hydroxylation is 1. The van der Waals surface area contributed by atoms with E-state index in [9.17, 15) is 0 Å². The highest BCUT2D eigenvalue weighted by molar-refractivity contribution is 6.17. The maximum Gasteiger partial charge on any atom is 0.111 e. The summed E-state index contributed by atoms with van der Waals surface area (Å²) in [6, 6.07) is 8.32. The van der Waals surface area contributed by atoms with Gasteiger partial charge in [0.2, 0.25) is 0 Å². The standard InChI is InChI=1S/C17H20ClN3/c1-16(2)15(17(16,3)4)21-13-9-11(10-19)5-6-12(13)20-14(21)7-8-18/h5-6,9,15H,7-8H2,1-4H3. The molecule has 3 nitrogen and oxygen atoms in total. The van der Waals surface area contributed by atoms with Crippen LogP contribution < -0.4 is 0 Å². The summed E-state index contributed by atoms with van der Waals surface area (Å²) in [5.41, 5.74) is 3.11. The first kappa shape index (κ1) is 14.4. The van der Waals surface area contributed by atoms with Crippen molar-refractivity contribution in [2.45, 2.75) is 40.2 Å². The summed E-state index contributed by atoms with van der Waals surface area (Å²) < 4.78 is 2.32. The Labute approximate surface area is 130 Å². The Morgan fingerprint density at radius 1 is 1.29 bits per heavy atom. The van der Waals surface area contributed by atoms with Crippen LogP contribution in [-0.2, 0) is 6.42 Å². The van der Waals surface area contributed by atoms with E-state index in [0.29, 0.717) is 17.5 Å². The van der Waals surface area contributed by atoms with Crippen LogP contribution in [0.5, 0.6) is 0 Å². The number of alkyl halides is 1. The lowest BCUT2D eigenvalue weighted by Crippen LogP contribution is -2.07. The molecule has 1 aromatic heterocycles. The van der Waals surface area contributed by atoms with Crippen LogP contribution in [0.3, 0.4) is 0 Å². The molecule has 110 valence electrons. The number of rotatable bonds is 3. The average molecular weight is 302 g/mol. The number of nitrogens with zero attached hydrogens (tertiary/aromatic N) is 3. The number of halogens is 1. The SMILES string of the molecule is CC1(C)C(n2c(CCCl)nc3ccc(C#N)cc32)C1(C)C. The zero-order chi connectivity index (χ0) is 15.4. The van der Waals surface area contributed by atoms with Crippen molar-refractivity contribution < 1.29 is 0 Å². The van der Waals surface area contributed by atoms with Gasteiger partial charge in [0.15, 0.2) is 0 Å². The van der Waals surface area contributed by atoms with Crippen LogP contribution in [0.15, 0.2) is 18.2 Å². The predicted octanol–water partition coefficient (Wildman–Crippen LogP) is 4.30. The van der Waals surface area contributed by atoms with Gasteiger partial charge in [-0.3, -0.25) is 0 Å². The van der Waals surface area contributed by atoms with Crippen molar-refractivity contribution in [2.75, 3.05) is 5.88 Å². The van der Waals surface area contributed by atoms with E-state index in [1.165, 1.54) is 0 Å². The van der Waals surface area contributed by atoms with Crippen molar-refractivity contribution in [3.8, 4) is 6.07 Å². The molecule has 1 aliphatic rings. The van der Waals surface area contributed by atoms with Crippen LogP contribution in [0.4, 0.5) is 0 Å². The first-order valence-electron chi connectivity index (χ1n) is 7.31. The quantitative estimate of drug-likeness (QED) is 0.793. The molecule has 3 rings (SSSR count). The Morgan fingerprint density at radius 3 is 2.48 bits per heavy atom. The number of nitriles is 1. The molecule has 0 saturated heterocycles. The van der Waals surface area contributed by atoms with Gasteiger partial charge in [0.25, 0.3) is 0 Å². The minimum absolute atomic E-state index is 0.213. The van der Waals surface area contributed by atoms with Crippen molar-refractivity contribution in [2.24, 2.45) is 10.8 Å².